The Hall–Kier alpha value is -2.14. The predicted octanol–water partition coefficient (Wildman–Crippen LogP) is 2.71. The van der Waals surface area contributed by atoms with Crippen LogP contribution in [0.1, 0.15) is 10.4 Å². The molecule has 1 aromatic heterocycles. The number of amides is 1. The number of hydrogen-bond donors (Lipinski definition) is 2. The molecule has 0 unspecified atom stereocenters. The van der Waals surface area contributed by atoms with Gasteiger partial charge in [-0.1, -0.05) is 11.6 Å². The van der Waals surface area contributed by atoms with Gasteiger partial charge in [-0.25, -0.2) is 4.39 Å². The van der Waals surface area contributed by atoms with E-state index >= 15 is 0 Å². The first-order valence-corrected chi connectivity index (χ1v) is 5.41. The predicted molar refractivity (Wildman–Crippen MR) is 68.0 cm³/mol. The molecular weight excluding hydrogens is 257 g/mol. The molecule has 0 aliphatic rings. The SMILES string of the molecule is Nc1ccc(NC(=O)c2cncc(F)c2)c(Cl)c1. The largest absolute Gasteiger partial charge is 0.399 e. The number of nitrogens with two attached hydrogens (primary N) is 1. The van der Waals surface area contributed by atoms with E-state index in [0.717, 1.165) is 12.3 Å². The van der Waals surface area contributed by atoms with Crippen LogP contribution in [-0.4, -0.2) is 10.9 Å². The molecule has 0 radical (unpaired) electrons. The summed E-state index contributed by atoms with van der Waals surface area (Å²) in [6.07, 6.45) is 2.29. The highest BCUT2D eigenvalue weighted by atomic mass is 35.5. The van der Waals surface area contributed by atoms with E-state index in [2.05, 4.69) is 10.3 Å². The second-order valence-corrected chi connectivity index (χ2v) is 3.99. The van der Waals surface area contributed by atoms with Crippen molar-refractivity contribution in [3.05, 3.63) is 53.1 Å². The zero-order valence-corrected chi connectivity index (χ0v) is 9.91. The number of aromatic nitrogens is 1. The van der Waals surface area contributed by atoms with Gasteiger partial charge in [-0.3, -0.25) is 9.78 Å². The van der Waals surface area contributed by atoms with Gasteiger partial charge in [-0.15, -0.1) is 0 Å². The molecule has 2 aromatic rings. The number of anilines is 2. The fourth-order valence-electron chi connectivity index (χ4n) is 1.36. The van der Waals surface area contributed by atoms with Crippen molar-refractivity contribution in [3.63, 3.8) is 0 Å². The molecule has 1 aromatic carbocycles. The maximum Gasteiger partial charge on any atom is 0.257 e. The van der Waals surface area contributed by atoms with E-state index in [0.29, 0.717) is 16.4 Å². The highest BCUT2D eigenvalue weighted by molar-refractivity contribution is 6.34. The number of hydrogen-bond acceptors (Lipinski definition) is 3. The van der Waals surface area contributed by atoms with Crippen LogP contribution in [0.25, 0.3) is 0 Å². The number of nitrogen functional groups attached to an aromatic ring is 1. The van der Waals surface area contributed by atoms with E-state index in [4.69, 9.17) is 17.3 Å². The Balaban J connectivity index is 2.21. The molecule has 0 fully saturated rings. The van der Waals surface area contributed by atoms with Crippen LogP contribution in [0.5, 0.6) is 0 Å². The molecule has 0 aliphatic carbocycles. The maximum atomic E-state index is 12.9. The average molecular weight is 266 g/mol. The first-order valence-electron chi connectivity index (χ1n) is 5.03. The smallest absolute Gasteiger partial charge is 0.257 e. The summed E-state index contributed by atoms with van der Waals surface area (Å²) < 4.78 is 12.9. The molecule has 6 heteroatoms. The van der Waals surface area contributed by atoms with Crippen LogP contribution < -0.4 is 11.1 Å². The van der Waals surface area contributed by atoms with Gasteiger partial charge in [-0.2, -0.15) is 0 Å². The minimum atomic E-state index is -0.578. The van der Waals surface area contributed by atoms with Crippen LogP contribution in [0, 0.1) is 5.82 Å². The summed E-state index contributed by atoms with van der Waals surface area (Å²) in [6, 6.07) is 5.78. The van der Waals surface area contributed by atoms with Crippen LogP contribution in [0.15, 0.2) is 36.7 Å². The van der Waals surface area contributed by atoms with Crippen LogP contribution in [0.4, 0.5) is 15.8 Å². The van der Waals surface area contributed by atoms with Crippen LogP contribution >= 0.6 is 11.6 Å². The van der Waals surface area contributed by atoms with Crippen molar-refractivity contribution >= 4 is 28.9 Å². The summed E-state index contributed by atoms with van der Waals surface area (Å²) >= 11 is 5.91. The van der Waals surface area contributed by atoms with E-state index in [1.54, 1.807) is 12.1 Å². The lowest BCUT2D eigenvalue weighted by Crippen LogP contribution is -2.12. The van der Waals surface area contributed by atoms with Gasteiger partial charge < -0.3 is 11.1 Å². The molecule has 1 amide bonds. The minimum Gasteiger partial charge on any atom is -0.399 e. The average Bonchev–Trinajstić information content (AvgIpc) is 2.32. The third kappa shape index (κ3) is 2.75. The fraction of sp³-hybridized carbons (Fsp3) is 0. The Morgan fingerprint density at radius 2 is 2.11 bits per heavy atom. The molecule has 3 N–H and O–H groups in total. The molecule has 0 aliphatic heterocycles. The van der Waals surface area contributed by atoms with Crippen molar-refractivity contribution in [1.82, 2.24) is 4.98 Å². The summed E-state index contributed by atoms with van der Waals surface area (Å²) in [7, 11) is 0. The molecule has 4 nitrogen and oxygen atoms in total. The van der Waals surface area contributed by atoms with Gasteiger partial charge in [0, 0.05) is 11.9 Å². The lowest BCUT2D eigenvalue weighted by molar-refractivity contribution is 0.102. The summed E-state index contributed by atoms with van der Waals surface area (Å²) in [6.45, 7) is 0. The molecule has 0 atom stereocenters. The number of halogens is 2. The third-order valence-corrected chi connectivity index (χ3v) is 2.52. The number of nitrogens with one attached hydrogen (secondary N) is 1. The highest BCUT2D eigenvalue weighted by Gasteiger charge is 2.09. The number of carbonyl (C=O) groups is 1. The Kier molecular flexibility index (Phi) is 3.43. The lowest BCUT2D eigenvalue weighted by atomic mass is 10.2. The molecule has 2 rings (SSSR count). The van der Waals surface area contributed by atoms with Crippen molar-refractivity contribution in [3.8, 4) is 0 Å². The summed E-state index contributed by atoms with van der Waals surface area (Å²) in [5.41, 5.74) is 6.54. The van der Waals surface area contributed by atoms with E-state index in [9.17, 15) is 9.18 Å². The minimum absolute atomic E-state index is 0.114. The van der Waals surface area contributed by atoms with Gasteiger partial charge in [0.1, 0.15) is 5.82 Å². The summed E-state index contributed by atoms with van der Waals surface area (Å²) in [5, 5.41) is 2.86. The quantitative estimate of drug-likeness (QED) is 0.821. The molecule has 92 valence electrons. The molecule has 0 bridgehead atoms. The molecule has 0 saturated carbocycles. The van der Waals surface area contributed by atoms with Crippen LogP contribution in [0.3, 0.4) is 0 Å². The lowest BCUT2D eigenvalue weighted by Gasteiger charge is -2.07. The first-order chi connectivity index (χ1) is 8.56. The maximum absolute atomic E-state index is 12.9. The van der Waals surface area contributed by atoms with Gasteiger partial charge >= 0.3 is 0 Å². The molecule has 1 heterocycles. The first kappa shape index (κ1) is 12.3. The fourth-order valence-corrected chi connectivity index (χ4v) is 1.60. The normalized spacial score (nSPS) is 10.1. The van der Waals surface area contributed by atoms with Gasteiger partial charge in [0.05, 0.1) is 22.5 Å². The van der Waals surface area contributed by atoms with Crippen molar-refractivity contribution in [2.75, 3.05) is 11.1 Å². The van der Waals surface area contributed by atoms with Gasteiger partial charge in [0.2, 0.25) is 0 Å². The van der Waals surface area contributed by atoms with Crippen LogP contribution in [-0.2, 0) is 0 Å². The number of pyridine rings is 1. The summed E-state index contributed by atoms with van der Waals surface area (Å²) in [5.74, 6) is -1.07. The molecule has 0 spiro atoms. The van der Waals surface area contributed by atoms with E-state index < -0.39 is 11.7 Å². The topological polar surface area (TPSA) is 68.0 Å². The van der Waals surface area contributed by atoms with Gasteiger partial charge in [-0.05, 0) is 24.3 Å². The number of rotatable bonds is 2. The van der Waals surface area contributed by atoms with Crippen molar-refractivity contribution < 1.29 is 9.18 Å². The highest BCUT2D eigenvalue weighted by Crippen LogP contribution is 2.24. The zero-order chi connectivity index (χ0) is 13.1. The van der Waals surface area contributed by atoms with Gasteiger partial charge in [0.15, 0.2) is 0 Å². The summed E-state index contributed by atoms with van der Waals surface area (Å²) in [4.78, 5) is 15.4. The van der Waals surface area contributed by atoms with E-state index in [1.165, 1.54) is 12.3 Å². The second kappa shape index (κ2) is 5.01. The molecular formula is C12H9ClFN3O. The van der Waals surface area contributed by atoms with Crippen molar-refractivity contribution in [2.24, 2.45) is 0 Å². The van der Waals surface area contributed by atoms with Crippen molar-refractivity contribution in [2.45, 2.75) is 0 Å². The molecule has 18 heavy (non-hydrogen) atoms. The van der Waals surface area contributed by atoms with Crippen LogP contribution in [0.2, 0.25) is 5.02 Å². The zero-order valence-electron chi connectivity index (χ0n) is 9.15. The Bertz CT molecular complexity index is 604. The second-order valence-electron chi connectivity index (χ2n) is 3.59. The Morgan fingerprint density at radius 3 is 2.78 bits per heavy atom. The van der Waals surface area contributed by atoms with E-state index in [-0.39, 0.29) is 5.56 Å². The standard InChI is InChI=1S/C12H9ClFN3O/c13-10-4-9(15)1-2-11(10)17-12(18)7-3-8(14)6-16-5-7/h1-6H,15H2,(H,17,18). The van der Waals surface area contributed by atoms with Crippen molar-refractivity contribution in [1.29, 1.82) is 0 Å². The van der Waals surface area contributed by atoms with E-state index in [1.807, 2.05) is 0 Å². The Morgan fingerprint density at radius 1 is 1.33 bits per heavy atom. The number of benzene rings is 1. The third-order valence-electron chi connectivity index (χ3n) is 2.21. The number of carbonyl (C=O) groups excluding carboxylic acids is 1. The molecule has 0 saturated heterocycles. The van der Waals surface area contributed by atoms with Gasteiger partial charge in [0.25, 0.3) is 5.91 Å². The number of nitrogens with zero attached hydrogens (tertiary/aromatic N) is 1. The monoisotopic (exact) mass is 265 g/mol. The Labute approximate surface area is 108 Å².